The standard InChI is InChI=1S/C36H34O4/c1-3-7-28(8-4-1)34-19-30(20-35(29-9-5-2-6-10-29)36(34)40-24-33-23-39-33)27-13-11-25(12-14-27)26-15-17-31(18-16-26)37-21-32-22-38-32/h1-10,13,15-20,25,32-33H,11-12,14,21-24H2. The van der Waals surface area contributed by atoms with Crippen molar-refractivity contribution in [3.05, 3.63) is 114 Å². The van der Waals surface area contributed by atoms with E-state index in [2.05, 4.69) is 103 Å². The number of hydrogen-bond acceptors (Lipinski definition) is 4. The highest BCUT2D eigenvalue weighted by Gasteiger charge is 2.26. The molecular weight excluding hydrogens is 496 g/mol. The lowest BCUT2D eigenvalue weighted by molar-refractivity contribution is 0.263. The molecule has 3 unspecified atom stereocenters. The predicted molar refractivity (Wildman–Crippen MR) is 159 cm³/mol. The van der Waals surface area contributed by atoms with Crippen LogP contribution in [-0.2, 0) is 9.47 Å². The van der Waals surface area contributed by atoms with E-state index in [0.717, 1.165) is 66.2 Å². The third-order valence-electron chi connectivity index (χ3n) is 8.05. The van der Waals surface area contributed by atoms with Gasteiger partial charge in [0.2, 0.25) is 0 Å². The average Bonchev–Trinajstić information content (AvgIpc) is 3.96. The number of ether oxygens (including phenoxy) is 4. The zero-order valence-electron chi connectivity index (χ0n) is 22.6. The van der Waals surface area contributed by atoms with Gasteiger partial charge in [0, 0.05) is 11.1 Å². The number of epoxide rings is 2. The maximum Gasteiger partial charge on any atom is 0.135 e. The van der Waals surface area contributed by atoms with Gasteiger partial charge < -0.3 is 18.9 Å². The van der Waals surface area contributed by atoms with Gasteiger partial charge in [-0.05, 0) is 77.3 Å². The molecule has 0 radical (unpaired) electrons. The molecule has 0 bridgehead atoms. The normalized spacial score (nSPS) is 21.4. The molecule has 2 heterocycles. The summed E-state index contributed by atoms with van der Waals surface area (Å²) in [7, 11) is 0. The maximum absolute atomic E-state index is 6.50. The molecule has 7 rings (SSSR count). The molecule has 1 aliphatic carbocycles. The first-order valence-corrected chi connectivity index (χ1v) is 14.4. The number of allylic oxidation sites excluding steroid dienone is 2. The molecule has 4 aromatic carbocycles. The zero-order valence-corrected chi connectivity index (χ0v) is 22.6. The summed E-state index contributed by atoms with van der Waals surface area (Å²) in [6, 6.07) is 34.5. The van der Waals surface area contributed by atoms with Crippen LogP contribution < -0.4 is 9.47 Å². The van der Waals surface area contributed by atoms with Crippen LogP contribution in [0.4, 0.5) is 0 Å². The summed E-state index contributed by atoms with van der Waals surface area (Å²) in [5.41, 5.74) is 8.66. The molecule has 2 fully saturated rings. The fourth-order valence-corrected chi connectivity index (χ4v) is 5.56. The Morgan fingerprint density at radius 3 is 1.75 bits per heavy atom. The number of hydrogen-bond donors (Lipinski definition) is 0. The largest absolute Gasteiger partial charge is 0.491 e. The van der Waals surface area contributed by atoms with E-state index in [9.17, 15) is 0 Å². The SMILES string of the molecule is C1=C(c2cc(-c3ccccc3)c(OCC3CO3)c(-c3ccccc3)c2)CCC(c2ccc(OCC3CO3)cc2)C1. The minimum Gasteiger partial charge on any atom is -0.491 e. The Bertz CT molecular complexity index is 1410. The van der Waals surface area contributed by atoms with E-state index in [1.807, 2.05) is 0 Å². The van der Waals surface area contributed by atoms with Crippen LogP contribution in [0.2, 0.25) is 0 Å². The summed E-state index contributed by atoms with van der Waals surface area (Å²) in [5.74, 6) is 2.37. The topological polar surface area (TPSA) is 43.5 Å². The van der Waals surface area contributed by atoms with Crippen molar-refractivity contribution < 1.29 is 18.9 Å². The minimum atomic E-state index is 0.192. The van der Waals surface area contributed by atoms with Crippen molar-refractivity contribution in [1.29, 1.82) is 0 Å². The van der Waals surface area contributed by atoms with Crippen LogP contribution in [0.25, 0.3) is 27.8 Å². The second-order valence-electron chi connectivity index (χ2n) is 10.9. The van der Waals surface area contributed by atoms with Gasteiger partial charge in [0.25, 0.3) is 0 Å². The van der Waals surface area contributed by atoms with Crippen LogP contribution in [-0.4, -0.2) is 38.6 Å². The maximum atomic E-state index is 6.50. The van der Waals surface area contributed by atoms with E-state index in [0.29, 0.717) is 19.1 Å². The Morgan fingerprint density at radius 1 is 0.650 bits per heavy atom. The first-order valence-electron chi connectivity index (χ1n) is 14.4. The van der Waals surface area contributed by atoms with Crippen molar-refractivity contribution in [1.82, 2.24) is 0 Å². The summed E-state index contributed by atoms with van der Waals surface area (Å²) in [5, 5.41) is 0. The fourth-order valence-electron chi connectivity index (χ4n) is 5.56. The molecule has 0 spiro atoms. The molecule has 3 aliphatic rings. The zero-order chi connectivity index (χ0) is 26.7. The van der Waals surface area contributed by atoms with E-state index < -0.39 is 0 Å². The number of benzene rings is 4. The molecule has 0 N–H and O–H groups in total. The van der Waals surface area contributed by atoms with Gasteiger partial charge in [-0.3, -0.25) is 0 Å². The Hall–Kier alpha value is -3.86. The van der Waals surface area contributed by atoms with E-state index >= 15 is 0 Å². The summed E-state index contributed by atoms with van der Waals surface area (Å²) >= 11 is 0. The van der Waals surface area contributed by atoms with Crippen LogP contribution in [0, 0.1) is 0 Å². The van der Waals surface area contributed by atoms with Crippen LogP contribution in [0.5, 0.6) is 11.5 Å². The van der Waals surface area contributed by atoms with Crippen molar-refractivity contribution >= 4 is 5.57 Å². The first-order chi connectivity index (χ1) is 19.8. The predicted octanol–water partition coefficient (Wildman–Crippen LogP) is 7.93. The molecule has 0 saturated carbocycles. The molecule has 202 valence electrons. The van der Waals surface area contributed by atoms with E-state index in [1.54, 1.807) is 0 Å². The van der Waals surface area contributed by atoms with Gasteiger partial charge in [0.1, 0.15) is 36.9 Å². The lowest BCUT2D eigenvalue weighted by atomic mass is 9.81. The van der Waals surface area contributed by atoms with Crippen molar-refractivity contribution in [3.63, 3.8) is 0 Å². The summed E-state index contributed by atoms with van der Waals surface area (Å²) in [4.78, 5) is 0. The van der Waals surface area contributed by atoms with E-state index in [1.165, 1.54) is 16.7 Å². The molecule has 2 aliphatic heterocycles. The molecule has 4 aromatic rings. The number of rotatable bonds is 10. The Morgan fingerprint density at radius 2 is 1.23 bits per heavy atom. The minimum absolute atomic E-state index is 0.192. The van der Waals surface area contributed by atoms with Crippen LogP contribution in [0.3, 0.4) is 0 Å². The van der Waals surface area contributed by atoms with Crippen LogP contribution >= 0.6 is 0 Å². The third kappa shape index (κ3) is 5.84. The average molecular weight is 531 g/mol. The van der Waals surface area contributed by atoms with Crippen molar-refractivity contribution in [2.75, 3.05) is 26.4 Å². The molecule has 0 aromatic heterocycles. The summed E-state index contributed by atoms with van der Waals surface area (Å²) < 4.78 is 23.1. The molecule has 0 amide bonds. The smallest absolute Gasteiger partial charge is 0.135 e. The van der Waals surface area contributed by atoms with E-state index in [4.69, 9.17) is 18.9 Å². The van der Waals surface area contributed by atoms with Gasteiger partial charge in [-0.25, -0.2) is 0 Å². The van der Waals surface area contributed by atoms with Gasteiger partial charge in [-0.15, -0.1) is 0 Å². The second-order valence-corrected chi connectivity index (χ2v) is 10.9. The Kier molecular flexibility index (Phi) is 7.11. The Labute approximate surface area is 236 Å². The van der Waals surface area contributed by atoms with Crippen molar-refractivity contribution in [2.24, 2.45) is 0 Å². The highest BCUT2D eigenvalue weighted by Crippen LogP contribution is 2.44. The van der Waals surface area contributed by atoms with Crippen molar-refractivity contribution in [2.45, 2.75) is 37.4 Å². The van der Waals surface area contributed by atoms with Gasteiger partial charge in [0.05, 0.1) is 13.2 Å². The summed E-state index contributed by atoms with van der Waals surface area (Å²) in [6.07, 6.45) is 6.11. The van der Waals surface area contributed by atoms with Gasteiger partial charge in [-0.1, -0.05) is 78.9 Å². The van der Waals surface area contributed by atoms with Gasteiger partial charge >= 0.3 is 0 Å². The quantitative estimate of drug-likeness (QED) is 0.195. The molecule has 3 atom stereocenters. The molecule has 4 nitrogen and oxygen atoms in total. The fraction of sp³-hybridized carbons (Fsp3) is 0.278. The third-order valence-corrected chi connectivity index (χ3v) is 8.05. The van der Waals surface area contributed by atoms with Crippen LogP contribution in [0.1, 0.15) is 36.3 Å². The van der Waals surface area contributed by atoms with Gasteiger partial charge in [0.15, 0.2) is 0 Å². The van der Waals surface area contributed by atoms with Gasteiger partial charge in [-0.2, -0.15) is 0 Å². The Balaban J connectivity index is 1.19. The lowest BCUT2D eigenvalue weighted by Gasteiger charge is -2.24. The summed E-state index contributed by atoms with van der Waals surface area (Å²) in [6.45, 7) is 2.81. The molecule has 40 heavy (non-hydrogen) atoms. The molecular formula is C36H34O4. The molecule has 4 heteroatoms. The van der Waals surface area contributed by atoms with Crippen molar-refractivity contribution in [3.8, 4) is 33.8 Å². The monoisotopic (exact) mass is 530 g/mol. The molecule has 2 saturated heterocycles. The van der Waals surface area contributed by atoms with E-state index in [-0.39, 0.29) is 12.2 Å². The first kappa shape index (κ1) is 25.1. The highest BCUT2D eigenvalue weighted by molar-refractivity contribution is 5.87. The lowest BCUT2D eigenvalue weighted by Crippen LogP contribution is -2.08. The second kappa shape index (κ2) is 11.3. The highest BCUT2D eigenvalue weighted by atomic mass is 16.6. The van der Waals surface area contributed by atoms with Crippen LogP contribution in [0.15, 0.2) is 103 Å².